The molecule has 86 valence electrons. The lowest BCUT2D eigenvalue weighted by Crippen LogP contribution is -2.19. The maximum Gasteiger partial charge on any atom is 0.328 e. The van der Waals surface area contributed by atoms with Crippen LogP contribution in [0.1, 0.15) is 0 Å². The first kappa shape index (κ1) is 11.3. The molecule has 1 aromatic heterocycles. The van der Waals surface area contributed by atoms with Crippen LogP contribution in [0.4, 0.5) is 5.69 Å². The Hall–Kier alpha value is -1.23. The van der Waals surface area contributed by atoms with Crippen molar-refractivity contribution in [3.8, 4) is 0 Å². The molecular formula is C11H14BrN3O. The summed E-state index contributed by atoms with van der Waals surface area (Å²) in [7, 11) is 7.53. The summed E-state index contributed by atoms with van der Waals surface area (Å²) < 4.78 is 4.31. The zero-order chi connectivity index (χ0) is 12.0. The van der Waals surface area contributed by atoms with Crippen LogP contribution in [0.5, 0.6) is 0 Å². The number of halogens is 1. The molecule has 0 aliphatic rings. The van der Waals surface area contributed by atoms with E-state index in [1.807, 2.05) is 31.1 Å². The normalized spacial score (nSPS) is 11.1. The van der Waals surface area contributed by atoms with Crippen molar-refractivity contribution in [3.63, 3.8) is 0 Å². The molecule has 0 atom stereocenters. The van der Waals surface area contributed by atoms with Gasteiger partial charge in [-0.2, -0.15) is 0 Å². The van der Waals surface area contributed by atoms with Crippen LogP contribution in [0, 0.1) is 0 Å². The van der Waals surface area contributed by atoms with E-state index < -0.39 is 0 Å². The molecule has 0 N–H and O–H groups in total. The van der Waals surface area contributed by atoms with Crippen LogP contribution in [-0.2, 0) is 14.1 Å². The highest BCUT2D eigenvalue weighted by molar-refractivity contribution is 9.10. The minimum absolute atomic E-state index is 0.00203. The Balaban J connectivity index is 2.90. The Morgan fingerprint density at radius 1 is 1.12 bits per heavy atom. The Labute approximate surface area is 102 Å². The lowest BCUT2D eigenvalue weighted by atomic mass is 10.2. The number of aryl methyl sites for hydroxylation is 2. The number of imidazole rings is 1. The van der Waals surface area contributed by atoms with Gasteiger partial charge in [0.1, 0.15) is 0 Å². The van der Waals surface area contributed by atoms with Gasteiger partial charge in [-0.3, -0.25) is 9.13 Å². The molecular weight excluding hydrogens is 270 g/mol. The molecule has 16 heavy (non-hydrogen) atoms. The van der Waals surface area contributed by atoms with Crippen molar-refractivity contribution in [1.82, 2.24) is 9.13 Å². The highest BCUT2D eigenvalue weighted by Crippen LogP contribution is 2.29. The predicted molar refractivity (Wildman–Crippen MR) is 70.2 cm³/mol. The predicted octanol–water partition coefficient (Wildman–Crippen LogP) is 1.71. The maximum atomic E-state index is 11.8. The third kappa shape index (κ3) is 1.46. The van der Waals surface area contributed by atoms with Crippen LogP contribution in [0.2, 0.25) is 0 Å². The lowest BCUT2D eigenvalue weighted by molar-refractivity contribution is 0.795. The average Bonchev–Trinajstić information content (AvgIpc) is 2.43. The fourth-order valence-corrected chi connectivity index (χ4v) is 2.54. The van der Waals surface area contributed by atoms with Gasteiger partial charge < -0.3 is 4.90 Å². The fraction of sp³-hybridized carbons (Fsp3) is 0.364. The number of aromatic nitrogens is 2. The van der Waals surface area contributed by atoms with Crippen LogP contribution in [0.15, 0.2) is 21.4 Å². The van der Waals surface area contributed by atoms with Crippen molar-refractivity contribution in [1.29, 1.82) is 0 Å². The number of hydrogen-bond acceptors (Lipinski definition) is 2. The van der Waals surface area contributed by atoms with Crippen molar-refractivity contribution in [2.45, 2.75) is 0 Å². The van der Waals surface area contributed by atoms with E-state index in [2.05, 4.69) is 15.9 Å². The van der Waals surface area contributed by atoms with Crippen LogP contribution in [0.3, 0.4) is 0 Å². The van der Waals surface area contributed by atoms with Gasteiger partial charge in [-0.25, -0.2) is 4.79 Å². The van der Waals surface area contributed by atoms with Crippen molar-refractivity contribution in [2.75, 3.05) is 19.0 Å². The molecule has 2 aromatic rings. The smallest absolute Gasteiger partial charge is 0.328 e. The first-order valence-electron chi connectivity index (χ1n) is 4.95. The number of rotatable bonds is 1. The summed E-state index contributed by atoms with van der Waals surface area (Å²) in [6.07, 6.45) is 0. The van der Waals surface area contributed by atoms with Crippen molar-refractivity contribution in [2.24, 2.45) is 14.1 Å². The maximum absolute atomic E-state index is 11.8. The molecule has 0 amide bonds. The molecule has 0 spiro atoms. The summed E-state index contributed by atoms with van der Waals surface area (Å²) in [4.78, 5) is 13.8. The van der Waals surface area contributed by atoms with E-state index in [9.17, 15) is 4.79 Å². The van der Waals surface area contributed by atoms with E-state index in [0.717, 1.165) is 21.2 Å². The summed E-state index contributed by atoms with van der Waals surface area (Å²) in [5.74, 6) is 0. The second-order valence-electron chi connectivity index (χ2n) is 4.09. The Morgan fingerprint density at radius 2 is 1.62 bits per heavy atom. The van der Waals surface area contributed by atoms with E-state index in [4.69, 9.17) is 0 Å². The number of anilines is 1. The van der Waals surface area contributed by atoms with Gasteiger partial charge in [0.2, 0.25) is 0 Å². The largest absolute Gasteiger partial charge is 0.377 e. The number of hydrogen-bond donors (Lipinski definition) is 0. The van der Waals surface area contributed by atoms with E-state index in [-0.39, 0.29) is 5.69 Å². The minimum Gasteiger partial charge on any atom is -0.377 e. The standard InChI is InChI=1S/C11H14BrN3O/c1-13(2)8-6-10-9(5-7(8)12)14(3)11(16)15(10)4/h5-6H,1-4H3. The van der Waals surface area contributed by atoms with Crippen molar-refractivity contribution in [3.05, 3.63) is 27.1 Å². The molecule has 0 saturated carbocycles. The molecule has 1 heterocycles. The first-order chi connectivity index (χ1) is 7.43. The fourth-order valence-electron chi connectivity index (χ4n) is 1.85. The third-order valence-electron chi connectivity index (χ3n) is 2.82. The SMILES string of the molecule is CN(C)c1cc2c(cc1Br)n(C)c(=O)n2C. The molecule has 2 rings (SSSR count). The first-order valence-corrected chi connectivity index (χ1v) is 5.75. The molecule has 0 aliphatic carbocycles. The van der Waals surface area contributed by atoms with Gasteiger partial charge in [0, 0.05) is 32.7 Å². The second kappa shape index (κ2) is 3.66. The second-order valence-corrected chi connectivity index (χ2v) is 4.94. The van der Waals surface area contributed by atoms with Crippen LogP contribution in [-0.4, -0.2) is 23.2 Å². The quantitative estimate of drug-likeness (QED) is 0.798. The van der Waals surface area contributed by atoms with Gasteiger partial charge in [-0.05, 0) is 28.1 Å². The Kier molecular flexibility index (Phi) is 2.58. The van der Waals surface area contributed by atoms with Gasteiger partial charge in [0.15, 0.2) is 0 Å². The molecule has 5 heteroatoms. The number of nitrogens with zero attached hydrogens (tertiary/aromatic N) is 3. The van der Waals surface area contributed by atoms with E-state index in [1.54, 1.807) is 23.2 Å². The Bertz CT molecular complexity index is 610. The van der Waals surface area contributed by atoms with Crippen molar-refractivity contribution >= 4 is 32.7 Å². The summed E-state index contributed by atoms with van der Waals surface area (Å²) in [6.45, 7) is 0. The third-order valence-corrected chi connectivity index (χ3v) is 3.46. The molecule has 0 saturated heterocycles. The van der Waals surface area contributed by atoms with Gasteiger partial charge >= 0.3 is 5.69 Å². The lowest BCUT2D eigenvalue weighted by Gasteiger charge is -2.14. The van der Waals surface area contributed by atoms with E-state index in [1.165, 1.54) is 0 Å². The molecule has 0 bridgehead atoms. The van der Waals surface area contributed by atoms with Crippen LogP contribution >= 0.6 is 15.9 Å². The monoisotopic (exact) mass is 283 g/mol. The van der Waals surface area contributed by atoms with Gasteiger partial charge in [0.25, 0.3) is 0 Å². The van der Waals surface area contributed by atoms with E-state index in [0.29, 0.717) is 0 Å². The summed E-state index contributed by atoms with van der Waals surface area (Å²) in [6, 6.07) is 3.99. The minimum atomic E-state index is -0.00203. The molecule has 0 unspecified atom stereocenters. The summed E-state index contributed by atoms with van der Waals surface area (Å²) in [5, 5.41) is 0. The van der Waals surface area contributed by atoms with Gasteiger partial charge in [-0.1, -0.05) is 0 Å². The van der Waals surface area contributed by atoms with Crippen LogP contribution < -0.4 is 10.6 Å². The number of fused-ring (bicyclic) bond motifs is 1. The van der Waals surface area contributed by atoms with Crippen molar-refractivity contribution < 1.29 is 0 Å². The Morgan fingerprint density at radius 3 is 2.12 bits per heavy atom. The summed E-state index contributed by atoms with van der Waals surface area (Å²) >= 11 is 3.52. The molecule has 0 aliphatic heterocycles. The number of benzene rings is 1. The molecule has 1 aromatic carbocycles. The highest BCUT2D eigenvalue weighted by atomic mass is 79.9. The van der Waals surface area contributed by atoms with Crippen LogP contribution in [0.25, 0.3) is 11.0 Å². The van der Waals surface area contributed by atoms with Gasteiger partial charge in [-0.15, -0.1) is 0 Å². The molecule has 4 nitrogen and oxygen atoms in total. The van der Waals surface area contributed by atoms with E-state index >= 15 is 0 Å². The summed E-state index contributed by atoms with van der Waals surface area (Å²) in [5.41, 5.74) is 2.94. The highest BCUT2D eigenvalue weighted by Gasteiger charge is 2.11. The zero-order valence-corrected chi connectivity index (χ0v) is 11.4. The molecule has 0 fully saturated rings. The topological polar surface area (TPSA) is 30.2 Å². The zero-order valence-electron chi connectivity index (χ0n) is 9.78. The molecule has 0 radical (unpaired) electrons. The van der Waals surface area contributed by atoms with Gasteiger partial charge in [0.05, 0.1) is 16.7 Å². The average molecular weight is 284 g/mol.